The van der Waals surface area contributed by atoms with Crippen molar-refractivity contribution in [3.05, 3.63) is 0 Å². The lowest BCUT2D eigenvalue weighted by Gasteiger charge is -2.39. The van der Waals surface area contributed by atoms with Gasteiger partial charge < -0.3 is 14.7 Å². The number of amides is 1. The van der Waals surface area contributed by atoms with Crippen LogP contribution in [0, 0.1) is 0 Å². The standard InChI is InChI=1S/C10H13F6NO3/c11-9(12,13)6-20-5-7(18)17-3-1-8(19,2-4-17)10(14,15)16/h19H,1-6H2. The number of piperidine rings is 1. The molecule has 10 heteroatoms. The van der Waals surface area contributed by atoms with Crippen molar-refractivity contribution in [2.24, 2.45) is 0 Å². The normalized spacial score (nSPS) is 20.1. The molecule has 0 aliphatic carbocycles. The van der Waals surface area contributed by atoms with E-state index in [0.29, 0.717) is 0 Å². The molecule has 1 N–H and O–H groups in total. The fourth-order valence-corrected chi connectivity index (χ4v) is 1.75. The Morgan fingerprint density at radius 3 is 2.05 bits per heavy atom. The molecule has 0 spiro atoms. The summed E-state index contributed by atoms with van der Waals surface area (Å²) in [5.41, 5.74) is -2.85. The zero-order chi connectivity index (χ0) is 15.6. The van der Waals surface area contributed by atoms with Crippen LogP contribution in [0.5, 0.6) is 0 Å². The summed E-state index contributed by atoms with van der Waals surface area (Å²) in [6.07, 6.45) is -10.8. The second kappa shape index (κ2) is 5.76. The molecule has 0 aromatic carbocycles. The van der Waals surface area contributed by atoms with Gasteiger partial charge in [0, 0.05) is 25.9 Å². The Morgan fingerprint density at radius 2 is 1.65 bits per heavy atom. The van der Waals surface area contributed by atoms with Gasteiger partial charge in [-0.2, -0.15) is 26.3 Å². The third-order valence-corrected chi connectivity index (χ3v) is 2.96. The molecule has 0 bridgehead atoms. The smallest absolute Gasteiger partial charge is 0.380 e. The summed E-state index contributed by atoms with van der Waals surface area (Å²) in [5, 5.41) is 9.35. The quantitative estimate of drug-likeness (QED) is 0.804. The van der Waals surface area contributed by atoms with Crippen LogP contribution < -0.4 is 0 Å². The first kappa shape index (κ1) is 17.0. The van der Waals surface area contributed by atoms with Crippen molar-refractivity contribution in [3.63, 3.8) is 0 Å². The summed E-state index contributed by atoms with van der Waals surface area (Å²) in [7, 11) is 0. The van der Waals surface area contributed by atoms with Gasteiger partial charge in [-0.15, -0.1) is 0 Å². The molecule has 1 aliphatic heterocycles. The van der Waals surface area contributed by atoms with Crippen LogP contribution in [0.3, 0.4) is 0 Å². The average molecular weight is 309 g/mol. The van der Waals surface area contributed by atoms with E-state index < -0.39 is 49.9 Å². The molecule has 118 valence electrons. The van der Waals surface area contributed by atoms with Gasteiger partial charge in [-0.3, -0.25) is 4.79 Å². The van der Waals surface area contributed by atoms with Gasteiger partial charge in [-0.05, 0) is 0 Å². The largest absolute Gasteiger partial charge is 0.417 e. The molecule has 0 saturated carbocycles. The van der Waals surface area contributed by atoms with E-state index in [1.807, 2.05) is 0 Å². The molecule has 1 rings (SSSR count). The van der Waals surface area contributed by atoms with Crippen LogP contribution in [-0.2, 0) is 9.53 Å². The van der Waals surface area contributed by atoms with Gasteiger partial charge in [0.2, 0.25) is 5.91 Å². The van der Waals surface area contributed by atoms with E-state index in [1.165, 1.54) is 0 Å². The zero-order valence-electron chi connectivity index (χ0n) is 10.2. The Morgan fingerprint density at radius 1 is 1.15 bits per heavy atom. The Balaban J connectivity index is 2.40. The Labute approximate surface area is 110 Å². The summed E-state index contributed by atoms with van der Waals surface area (Å²) in [6, 6.07) is 0. The summed E-state index contributed by atoms with van der Waals surface area (Å²) in [4.78, 5) is 12.4. The number of ether oxygens (including phenoxy) is 1. The van der Waals surface area contributed by atoms with Crippen LogP contribution >= 0.6 is 0 Å². The Hall–Kier alpha value is -1.03. The molecule has 1 fully saturated rings. The average Bonchev–Trinajstić information content (AvgIpc) is 2.26. The van der Waals surface area contributed by atoms with Crippen molar-refractivity contribution in [1.82, 2.24) is 4.90 Å². The SMILES string of the molecule is O=C(COCC(F)(F)F)N1CCC(O)(C(F)(F)F)CC1. The van der Waals surface area contributed by atoms with Crippen LogP contribution in [0.2, 0.25) is 0 Å². The minimum atomic E-state index is -4.80. The van der Waals surface area contributed by atoms with Crippen molar-refractivity contribution in [2.75, 3.05) is 26.3 Å². The van der Waals surface area contributed by atoms with Crippen LogP contribution in [0.4, 0.5) is 26.3 Å². The minimum absolute atomic E-state index is 0.385. The molecule has 4 nitrogen and oxygen atoms in total. The molecule has 0 unspecified atom stereocenters. The van der Waals surface area contributed by atoms with Crippen LogP contribution in [0.1, 0.15) is 12.8 Å². The van der Waals surface area contributed by atoms with Gasteiger partial charge in [0.05, 0.1) is 0 Å². The van der Waals surface area contributed by atoms with Crippen molar-refractivity contribution in [3.8, 4) is 0 Å². The highest BCUT2D eigenvalue weighted by Gasteiger charge is 2.54. The number of hydrogen-bond acceptors (Lipinski definition) is 3. The number of nitrogens with zero attached hydrogens (tertiary/aromatic N) is 1. The maximum Gasteiger partial charge on any atom is 0.417 e. The Kier molecular flexibility index (Phi) is 4.90. The monoisotopic (exact) mass is 309 g/mol. The van der Waals surface area contributed by atoms with E-state index in [9.17, 15) is 36.2 Å². The topological polar surface area (TPSA) is 49.8 Å². The first-order chi connectivity index (χ1) is 8.95. The van der Waals surface area contributed by atoms with Gasteiger partial charge >= 0.3 is 12.4 Å². The molecule has 1 saturated heterocycles. The highest BCUT2D eigenvalue weighted by atomic mass is 19.4. The number of carbonyl (C=O) groups excluding carboxylic acids is 1. The van der Waals surface area contributed by atoms with Crippen LogP contribution in [-0.4, -0.2) is 60.2 Å². The van der Waals surface area contributed by atoms with Gasteiger partial charge in [0.25, 0.3) is 0 Å². The van der Waals surface area contributed by atoms with Crippen LogP contribution in [0.25, 0.3) is 0 Å². The zero-order valence-corrected chi connectivity index (χ0v) is 10.2. The molecule has 20 heavy (non-hydrogen) atoms. The summed E-state index contributed by atoms with van der Waals surface area (Å²) in [5.74, 6) is -0.835. The van der Waals surface area contributed by atoms with Gasteiger partial charge in [-0.25, -0.2) is 0 Å². The lowest BCUT2D eigenvalue weighted by atomic mass is 9.91. The predicted molar refractivity (Wildman–Crippen MR) is 53.7 cm³/mol. The van der Waals surface area contributed by atoms with Gasteiger partial charge in [0.1, 0.15) is 13.2 Å². The molecule has 1 amide bonds. The van der Waals surface area contributed by atoms with Crippen molar-refractivity contribution in [1.29, 1.82) is 0 Å². The summed E-state index contributed by atoms with van der Waals surface area (Å²) in [6.45, 7) is -3.22. The molecule has 0 radical (unpaired) electrons. The maximum absolute atomic E-state index is 12.5. The molecule has 0 aromatic rings. The molecule has 1 heterocycles. The van der Waals surface area contributed by atoms with Crippen molar-refractivity contribution >= 4 is 5.91 Å². The minimum Gasteiger partial charge on any atom is -0.380 e. The van der Waals surface area contributed by atoms with Crippen molar-refractivity contribution < 1.29 is 41.0 Å². The molecule has 1 aliphatic rings. The second-order valence-corrected chi connectivity index (χ2v) is 4.52. The highest BCUT2D eigenvalue weighted by Crippen LogP contribution is 2.38. The third-order valence-electron chi connectivity index (χ3n) is 2.96. The van der Waals surface area contributed by atoms with E-state index in [-0.39, 0.29) is 13.1 Å². The predicted octanol–water partition coefficient (Wildman–Crippen LogP) is 1.48. The van der Waals surface area contributed by atoms with Gasteiger partial charge in [-0.1, -0.05) is 0 Å². The second-order valence-electron chi connectivity index (χ2n) is 4.52. The number of likely N-dealkylation sites (tertiary alicyclic amines) is 1. The number of carbonyl (C=O) groups is 1. The lowest BCUT2D eigenvalue weighted by Crippen LogP contribution is -2.54. The molecule has 0 atom stereocenters. The lowest BCUT2D eigenvalue weighted by molar-refractivity contribution is -0.272. The van der Waals surface area contributed by atoms with Crippen molar-refractivity contribution in [2.45, 2.75) is 30.8 Å². The first-order valence-corrected chi connectivity index (χ1v) is 5.66. The fourth-order valence-electron chi connectivity index (χ4n) is 1.75. The van der Waals surface area contributed by atoms with E-state index in [1.54, 1.807) is 0 Å². The van der Waals surface area contributed by atoms with Crippen LogP contribution in [0.15, 0.2) is 0 Å². The maximum atomic E-state index is 12.5. The number of rotatable bonds is 3. The van der Waals surface area contributed by atoms with E-state index in [2.05, 4.69) is 4.74 Å². The number of halogens is 6. The molecule has 0 aromatic heterocycles. The molecular formula is C10H13F6NO3. The fraction of sp³-hybridized carbons (Fsp3) is 0.900. The Bertz CT molecular complexity index is 346. The number of aliphatic hydroxyl groups is 1. The summed E-state index contributed by atoms with van der Waals surface area (Å²) >= 11 is 0. The van der Waals surface area contributed by atoms with E-state index in [4.69, 9.17) is 0 Å². The van der Waals surface area contributed by atoms with E-state index >= 15 is 0 Å². The number of alkyl halides is 6. The molecular weight excluding hydrogens is 296 g/mol. The van der Waals surface area contributed by atoms with Gasteiger partial charge in [0.15, 0.2) is 5.60 Å². The van der Waals surface area contributed by atoms with E-state index in [0.717, 1.165) is 4.90 Å². The highest BCUT2D eigenvalue weighted by molar-refractivity contribution is 5.77. The summed E-state index contributed by atoms with van der Waals surface area (Å²) < 4.78 is 76.9. The third kappa shape index (κ3) is 4.51. The number of hydrogen-bond donors (Lipinski definition) is 1. The first-order valence-electron chi connectivity index (χ1n) is 5.66.